The van der Waals surface area contributed by atoms with Crippen LogP contribution in [-0.2, 0) is 18.4 Å². The van der Waals surface area contributed by atoms with E-state index in [4.69, 9.17) is 5.11 Å². The number of aromatic nitrogens is 2. The summed E-state index contributed by atoms with van der Waals surface area (Å²) in [5, 5.41) is 16.0. The van der Waals surface area contributed by atoms with Crippen molar-refractivity contribution in [2.24, 2.45) is 7.05 Å². The van der Waals surface area contributed by atoms with Gasteiger partial charge in [-0.1, -0.05) is 6.92 Å². The molecule has 2 amide bonds. The number of nitrogens with zero attached hydrogens (tertiary/aromatic N) is 3. The van der Waals surface area contributed by atoms with E-state index >= 15 is 0 Å². The average Bonchev–Trinajstić information content (AvgIpc) is 2.61. The number of urea groups is 1. The van der Waals surface area contributed by atoms with Crippen LogP contribution in [0.3, 0.4) is 0 Å². The van der Waals surface area contributed by atoms with Gasteiger partial charge in [-0.25, -0.2) is 9.59 Å². The van der Waals surface area contributed by atoms with Gasteiger partial charge in [-0.3, -0.25) is 4.68 Å². The summed E-state index contributed by atoms with van der Waals surface area (Å²) in [5.74, 6) is -1.00. The molecule has 20 heavy (non-hydrogen) atoms. The molecular weight excluding hydrogens is 260 g/mol. The zero-order chi connectivity index (χ0) is 15.4. The van der Waals surface area contributed by atoms with Gasteiger partial charge in [0.1, 0.15) is 6.04 Å². The fourth-order valence-corrected chi connectivity index (χ4v) is 2.12. The SMILES string of the molecule is CCC(C(=O)O)N(C)C(=O)NCc1c(C)nn(C)c1C. The van der Waals surface area contributed by atoms with Gasteiger partial charge in [0.15, 0.2) is 0 Å². The first kappa shape index (κ1) is 16.0. The van der Waals surface area contributed by atoms with E-state index in [0.717, 1.165) is 17.0 Å². The van der Waals surface area contributed by atoms with Gasteiger partial charge in [-0.2, -0.15) is 5.10 Å². The van der Waals surface area contributed by atoms with Crippen molar-refractivity contribution in [2.45, 2.75) is 39.8 Å². The lowest BCUT2D eigenvalue weighted by Gasteiger charge is -2.24. The third-order valence-corrected chi connectivity index (χ3v) is 3.53. The predicted molar refractivity (Wildman–Crippen MR) is 74.4 cm³/mol. The van der Waals surface area contributed by atoms with E-state index in [1.807, 2.05) is 20.9 Å². The third kappa shape index (κ3) is 3.28. The second kappa shape index (κ2) is 6.40. The van der Waals surface area contributed by atoms with Gasteiger partial charge in [-0.05, 0) is 20.3 Å². The molecule has 0 spiro atoms. The summed E-state index contributed by atoms with van der Waals surface area (Å²) in [6.07, 6.45) is 0.365. The second-order valence-electron chi connectivity index (χ2n) is 4.80. The van der Waals surface area contributed by atoms with Crippen LogP contribution in [0.15, 0.2) is 0 Å². The van der Waals surface area contributed by atoms with E-state index in [1.54, 1.807) is 11.6 Å². The maximum Gasteiger partial charge on any atom is 0.326 e. The average molecular weight is 282 g/mol. The van der Waals surface area contributed by atoms with E-state index in [9.17, 15) is 9.59 Å². The van der Waals surface area contributed by atoms with E-state index < -0.39 is 18.0 Å². The highest BCUT2D eigenvalue weighted by Crippen LogP contribution is 2.11. The predicted octanol–water partition coefficient (Wildman–Crippen LogP) is 1.04. The van der Waals surface area contributed by atoms with Crippen molar-refractivity contribution in [3.63, 3.8) is 0 Å². The molecule has 7 heteroatoms. The quantitative estimate of drug-likeness (QED) is 0.844. The van der Waals surface area contributed by atoms with Crippen LogP contribution in [0.1, 0.15) is 30.3 Å². The Morgan fingerprint density at radius 1 is 1.45 bits per heavy atom. The van der Waals surface area contributed by atoms with Gasteiger partial charge >= 0.3 is 12.0 Å². The van der Waals surface area contributed by atoms with Crippen LogP contribution in [0.5, 0.6) is 0 Å². The van der Waals surface area contributed by atoms with Crippen LogP contribution >= 0.6 is 0 Å². The maximum atomic E-state index is 12.0. The Balaban J connectivity index is 2.70. The number of carboxylic acids is 1. The summed E-state index contributed by atoms with van der Waals surface area (Å²) in [7, 11) is 3.33. The minimum Gasteiger partial charge on any atom is -0.480 e. The van der Waals surface area contributed by atoms with E-state index in [-0.39, 0.29) is 0 Å². The van der Waals surface area contributed by atoms with E-state index in [1.165, 1.54) is 11.9 Å². The normalized spacial score (nSPS) is 12.1. The zero-order valence-electron chi connectivity index (χ0n) is 12.6. The van der Waals surface area contributed by atoms with E-state index in [0.29, 0.717) is 13.0 Å². The molecule has 0 aliphatic rings. The molecule has 1 atom stereocenters. The number of hydrogen-bond donors (Lipinski definition) is 2. The third-order valence-electron chi connectivity index (χ3n) is 3.53. The van der Waals surface area contributed by atoms with Crippen LogP contribution < -0.4 is 5.32 Å². The monoisotopic (exact) mass is 282 g/mol. The van der Waals surface area contributed by atoms with Crippen molar-refractivity contribution in [1.29, 1.82) is 0 Å². The van der Waals surface area contributed by atoms with Gasteiger partial charge in [0.2, 0.25) is 0 Å². The lowest BCUT2D eigenvalue weighted by atomic mass is 10.2. The highest BCUT2D eigenvalue weighted by atomic mass is 16.4. The Hall–Kier alpha value is -2.05. The molecule has 0 aliphatic carbocycles. The lowest BCUT2D eigenvalue weighted by molar-refractivity contribution is -0.141. The highest BCUT2D eigenvalue weighted by molar-refractivity contribution is 5.82. The molecular formula is C13H22N4O3. The number of aryl methyl sites for hydroxylation is 2. The van der Waals surface area contributed by atoms with Crippen molar-refractivity contribution in [3.8, 4) is 0 Å². The molecule has 112 valence electrons. The lowest BCUT2D eigenvalue weighted by Crippen LogP contribution is -2.46. The number of carbonyl (C=O) groups excluding carboxylic acids is 1. The molecule has 0 bridgehead atoms. The largest absolute Gasteiger partial charge is 0.480 e. The summed E-state index contributed by atoms with van der Waals surface area (Å²) < 4.78 is 1.76. The molecule has 0 aromatic carbocycles. The fourth-order valence-electron chi connectivity index (χ4n) is 2.12. The fraction of sp³-hybridized carbons (Fsp3) is 0.615. The first-order valence-corrected chi connectivity index (χ1v) is 6.52. The number of nitrogens with one attached hydrogen (secondary N) is 1. The minimum absolute atomic E-state index is 0.338. The second-order valence-corrected chi connectivity index (χ2v) is 4.80. The smallest absolute Gasteiger partial charge is 0.326 e. The first-order valence-electron chi connectivity index (χ1n) is 6.52. The number of carbonyl (C=O) groups is 2. The molecule has 1 unspecified atom stereocenters. The Labute approximate surface area is 118 Å². The molecule has 0 saturated heterocycles. The van der Waals surface area contributed by atoms with Gasteiger partial charge in [0.25, 0.3) is 0 Å². The van der Waals surface area contributed by atoms with Gasteiger partial charge in [0.05, 0.1) is 5.69 Å². The molecule has 0 fully saturated rings. The number of amides is 2. The Kier molecular flexibility index (Phi) is 5.12. The molecule has 7 nitrogen and oxygen atoms in total. The molecule has 0 radical (unpaired) electrons. The maximum absolute atomic E-state index is 12.0. The summed E-state index contributed by atoms with van der Waals surface area (Å²) in [5.41, 5.74) is 2.80. The Bertz CT molecular complexity index is 510. The summed E-state index contributed by atoms with van der Waals surface area (Å²) in [4.78, 5) is 24.2. The first-order chi connectivity index (χ1) is 9.29. The topological polar surface area (TPSA) is 87.5 Å². The molecule has 0 aliphatic heterocycles. The van der Waals surface area contributed by atoms with Crippen LogP contribution in [0, 0.1) is 13.8 Å². The Morgan fingerprint density at radius 2 is 2.05 bits per heavy atom. The van der Waals surface area contributed by atoms with Crippen molar-refractivity contribution < 1.29 is 14.7 Å². The number of rotatable bonds is 5. The molecule has 1 heterocycles. The van der Waals surface area contributed by atoms with Crippen molar-refractivity contribution in [1.82, 2.24) is 20.0 Å². The van der Waals surface area contributed by atoms with Crippen molar-refractivity contribution in [3.05, 3.63) is 17.0 Å². The number of likely N-dealkylation sites (N-methyl/N-ethyl adjacent to an activating group) is 1. The molecule has 1 rings (SSSR count). The van der Waals surface area contributed by atoms with Gasteiger partial charge in [0, 0.05) is 31.9 Å². The van der Waals surface area contributed by atoms with E-state index in [2.05, 4.69) is 10.4 Å². The summed E-state index contributed by atoms with van der Waals surface area (Å²) >= 11 is 0. The zero-order valence-corrected chi connectivity index (χ0v) is 12.6. The van der Waals surface area contributed by atoms with Crippen LogP contribution in [-0.4, -0.2) is 44.9 Å². The number of aliphatic carboxylic acids is 1. The molecule has 0 saturated carbocycles. The number of hydrogen-bond acceptors (Lipinski definition) is 3. The summed E-state index contributed by atoms with van der Waals surface area (Å²) in [6, 6.07) is -1.21. The van der Waals surface area contributed by atoms with Crippen molar-refractivity contribution in [2.75, 3.05) is 7.05 Å². The van der Waals surface area contributed by atoms with Crippen molar-refractivity contribution >= 4 is 12.0 Å². The minimum atomic E-state index is -1.00. The molecule has 1 aromatic rings. The Morgan fingerprint density at radius 3 is 2.45 bits per heavy atom. The van der Waals surface area contributed by atoms with Crippen LogP contribution in [0.25, 0.3) is 0 Å². The summed E-state index contributed by atoms with van der Waals surface area (Å²) in [6.45, 7) is 5.88. The number of carboxylic acid groups (broad SMARTS) is 1. The van der Waals surface area contributed by atoms with Gasteiger partial charge < -0.3 is 15.3 Å². The highest BCUT2D eigenvalue weighted by Gasteiger charge is 2.24. The van der Waals surface area contributed by atoms with Crippen LogP contribution in [0.4, 0.5) is 4.79 Å². The van der Waals surface area contributed by atoms with Crippen LogP contribution in [0.2, 0.25) is 0 Å². The standard InChI is InChI=1S/C13H22N4O3/c1-6-11(12(18)19)16(4)13(20)14-7-10-8(2)15-17(5)9(10)3/h11H,6-7H2,1-5H3,(H,14,20)(H,18,19). The molecule has 1 aromatic heterocycles. The molecule has 2 N–H and O–H groups in total. The van der Waals surface area contributed by atoms with Gasteiger partial charge in [-0.15, -0.1) is 0 Å².